The summed E-state index contributed by atoms with van der Waals surface area (Å²) in [6.45, 7) is 6.86. The summed E-state index contributed by atoms with van der Waals surface area (Å²) in [5, 5.41) is 29.7. The van der Waals surface area contributed by atoms with Gasteiger partial charge in [-0.15, -0.1) is 0 Å². The zero-order valence-corrected chi connectivity index (χ0v) is 19.7. The Bertz CT molecular complexity index is 681. The summed E-state index contributed by atoms with van der Waals surface area (Å²) in [6, 6.07) is 0. The van der Waals surface area contributed by atoms with E-state index < -0.39 is 23.7 Å². The summed E-state index contributed by atoms with van der Waals surface area (Å²) in [6.07, 6.45) is 10.9. The van der Waals surface area contributed by atoms with E-state index in [0.29, 0.717) is 37.5 Å². The summed E-state index contributed by atoms with van der Waals surface area (Å²) in [4.78, 5) is 0. The molecule has 3 saturated carbocycles. The zero-order valence-electron chi connectivity index (χ0n) is 19.7. The first-order valence-corrected chi connectivity index (χ1v) is 12.2. The molecule has 5 heteroatoms. The number of fused-ring (bicyclic) bond motifs is 1. The van der Waals surface area contributed by atoms with Gasteiger partial charge in [-0.2, -0.15) is 0 Å². The van der Waals surface area contributed by atoms with Crippen LogP contribution in [-0.4, -0.2) is 39.1 Å². The van der Waals surface area contributed by atoms with Crippen LogP contribution < -0.4 is 0 Å². The van der Waals surface area contributed by atoms with Gasteiger partial charge in [-0.25, -0.2) is 8.78 Å². The SMILES string of the molecule is C[C@H](CCC(F)(F)C(C)(C)O)[C@H]1CC[C@H]2/C(=C/C=C3C[C@@H](O)C[C@H](O)C3)CCC[C@]12C. The number of hydrogen-bond donors (Lipinski definition) is 3. The standard InChI is InChI=1S/C26H42F2O3/c1-17(11-13-26(27,28)24(2,3)31)22-9-10-23-19(6-5-12-25(22,23)4)8-7-18-14-20(29)16-21(30)15-18/h7-8,17,20-23,29-31H,5-6,9-16H2,1-4H3/b19-8+/t17-,20-,21-,22-,23+,25-/m1/s1. The Labute approximate surface area is 186 Å². The third-order valence-corrected chi connectivity index (χ3v) is 8.61. The fourth-order valence-electron chi connectivity index (χ4n) is 6.66. The van der Waals surface area contributed by atoms with E-state index in [9.17, 15) is 24.1 Å². The van der Waals surface area contributed by atoms with Crippen LogP contribution in [0.15, 0.2) is 23.3 Å². The van der Waals surface area contributed by atoms with E-state index in [4.69, 9.17) is 0 Å². The molecule has 0 amide bonds. The van der Waals surface area contributed by atoms with Gasteiger partial charge in [0.1, 0.15) is 5.60 Å². The van der Waals surface area contributed by atoms with Crippen LogP contribution in [0.3, 0.4) is 0 Å². The van der Waals surface area contributed by atoms with Crippen molar-refractivity contribution in [3.63, 3.8) is 0 Å². The lowest BCUT2D eigenvalue weighted by atomic mass is 9.60. The molecule has 0 aromatic rings. The molecule has 0 unspecified atom stereocenters. The van der Waals surface area contributed by atoms with Crippen molar-refractivity contribution in [2.24, 2.45) is 23.2 Å². The lowest BCUT2D eigenvalue weighted by Crippen LogP contribution is -2.43. The summed E-state index contributed by atoms with van der Waals surface area (Å²) in [5.41, 5.74) is 0.719. The van der Waals surface area contributed by atoms with Crippen LogP contribution in [0.5, 0.6) is 0 Å². The largest absolute Gasteiger partial charge is 0.393 e. The van der Waals surface area contributed by atoms with Gasteiger partial charge in [-0.3, -0.25) is 0 Å². The summed E-state index contributed by atoms with van der Waals surface area (Å²) < 4.78 is 28.6. The van der Waals surface area contributed by atoms with Gasteiger partial charge >= 0.3 is 0 Å². The molecule has 0 aromatic heterocycles. The molecule has 31 heavy (non-hydrogen) atoms. The number of aliphatic hydroxyl groups is 3. The zero-order chi connectivity index (χ0) is 23.0. The molecule has 3 nitrogen and oxygen atoms in total. The Morgan fingerprint density at radius 3 is 2.39 bits per heavy atom. The highest BCUT2D eigenvalue weighted by Crippen LogP contribution is 2.60. The van der Waals surface area contributed by atoms with E-state index in [1.807, 2.05) is 0 Å². The van der Waals surface area contributed by atoms with E-state index in [1.165, 1.54) is 19.4 Å². The highest BCUT2D eigenvalue weighted by Gasteiger charge is 2.51. The van der Waals surface area contributed by atoms with Crippen LogP contribution in [0.25, 0.3) is 0 Å². The summed E-state index contributed by atoms with van der Waals surface area (Å²) in [7, 11) is 0. The smallest absolute Gasteiger partial charge is 0.275 e. The molecule has 178 valence electrons. The number of allylic oxidation sites excluding steroid dienone is 3. The number of alkyl halides is 2. The van der Waals surface area contributed by atoms with E-state index in [0.717, 1.165) is 37.7 Å². The summed E-state index contributed by atoms with van der Waals surface area (Å²) >= 11 is 0. The van der Waals surface area contributed by atoms with E-state index >= 15 is 0 Å². The molecule has 3 aliphatic rings. The van der Waals surface area contributed by atoms with Crippen molar-refractivity contribution in [2.75, 3.05) is 0 Å². The quantitative estimate of drug-likeness (QED) is 0.490. The van der Waals surface area contributed by atoms with Gasteiger partial charge in [0.2, 0.25) is 0 Å². The van der Waals surface area contributed by atoms with E-state index in [2.05, 4.69) is 26.0 Å². The predicted octanol–water partition coefficient (Wildman–Crippen LogP) is 5.78. The average molecular weight is 441 g/mol. The summed E-state index contributed by atoms with van der Waals surface area (Å²) in [5.74, 6) is -1.97. The second-order valence-electron chi connectivity index (χ2n) is 11.4. The van der Waals surface area contributed by atoms with E-state index in [-0.39, 0.29) is 17.8 Å². The van der Waals surface area contributed by atoms with Crippen molar-refractivity contribution < 1.29 is 24.1 Å². The lowest BCUT2D eigenvalue weighted by molar-refractivity contribution is -0.168. The molecule has 6 atom stereocenters. The Morgan fingerprint density at radius 1 is 1.13 bits per heavy atom. The number of hydrogen-bond acceptors (Lipinski definition) is 3. The minimum Gasteiger partial charge on any atom is -0.393 e. The Kier molecular flexibility index (Phi) is 7.40. The van der Waals surface area contributed by atoms with Gasteiger partial charge in [0.05, 0.1) is 12.2 Å². The minimum atomic E-state index is -3.07. The van der Waals surface area contributed by atoms with E-state index in [1.54, 1.807) is 0 Å². The topological polar surface area (TPSA) is 60.7 Å². The highest BCUT2D eigenvalue weighted by molar-refractivity contribution is 5.26. The monoisotopic (exact) mass is 440 g/mol. The van der Waals surface area contributed by atoms with Crippen LogP contribution in [-0.2, 0) is 0 Å². The highest BCUT2D eigenvalue weighted by atomic mass is 19.3. The van der Waals surface area contributed by atoms with Gasteiger partial charge < -0.3 is 15.3 Å². The maximum absolute atomic E-state index is 14.3. The lowest BCUT2D eigenvalue weighted by Gasteiger charge is -2.44. The minimum absolute atomic E-state index is 0.137. The molecule has 0 saturated heterocycles. The Balaban J connectivity index is 1.69. The van der Waals surface area contributed by atoms with Gasteiger partial charge in [0.15, 0.2) is 0 Å². The van der Waals surface area contributed by atoms with Crippen molar-refractivity contribution >= 4 is 0 Å². The molecular weight excluding hydrogens is 398 g/mol. The third-order valence-electron chi connectivity index (χ3n) is 8.61. The predicted molar refractivity (Wildman–Crippen MR) is 120 cm³/mol. The molecule has 0 aromatic carbocycles. The normalized spacial score (nSPS) is 37.1. The first-order chi connectivity index (χ1) is 14.3. The molecule has 0 radical (unpaired) electrons. The number of rotatable bonds is 6. The van der Waals surface area contributed by atoms with Crippen LogP contribution in [0, 0.1) is 23.2 Å². The second kappa shape index (κ2) is 9.23. The molecule has 3 rings (SSSR count). The van der Waals surface area contributed by atoms with Gasteiger partial charge in [0, 0.05) is 6.42 Å². The van der Waals surface area contributed by atoms with Gasteiger partial charge in [-0.1, -0.05) is 37.1 Å². The average Bonchev–Trinajstić information content (AvgIpc) is 3.00. The molecular formula is C26H42F2O3. The fourth-order valence-corrected chi connectivity index (χ4v) is 6.66. The van der Waals surface area contributed by atoms with Crippen LogP contribution >= 0.6 is 0 Å². The molecule has 3 fully saturated rings. The van der Waals surface area contributed by atoms with Crippen LogP contribution in [0.4, 0.5) is 8.78 Å². The molecule has 0 aliphatic heterocycles. The number of halogens is 2. The molecule has 0 heterocycles. The molecule has 0 bridgehead atoms. The van der Waals surface area contributed by atoms with Crippen molar-refractivity contribution in [3.8, 4) is 0 Å². The second-order valence-corrected chi connectivity index (χ2v) is 11.4. The Hall–Kier alpha value is -0.780. The third kappa shape index (κ3) is 5.42. The van der Waals surface area contributed by atoms with Crippen molar-refractivity contribution in [1.82, 2.24) is 0 Å². The molecule has 3 aliphatic carbocycles. The maximum atomic E-state index is 14.3. The van der Waals surface area contributed by atoms with Crippen molar-refractivity contribution in [2.45, 2.75) is 116 Å². The van der Waals surface area contributed by atoms with Crippen LogP contribution in [0.2, 0.25) is 0 Å². The molecule has 3 N–H and O–H groups in total. The van der Waals surface area contributed by atoms with Crippen molar-refractivity contribution in [1.29, 1.82) is 0 Å². The fraction of sp³-hybridized carbons (Fsp3) is 0.846. The van der Waals surface area contributed by atoms with Crippen LogP contribution in [0.1, 0.15) is 91.9 Å². The molecule has 0 spiro atoms. The number of aliphatic hydroxyl groups excluding tert-OH is 2. The van der Waals surface area contributed by atoms with Crippen molar-refractivity contribution in [3.05, 3.63) is 23.3 Å². The van der Waals surface area contributed by atoms with Gasteiger partial charge in [-0.05, 0) is 94.8 Å². The van der Waals surface area contributed by atoms with Gasteiger partial charge in [0.25, 0.3) is 5.92 Å². The maximum Gasteiger partial charge on any atom is 0.275 e. The first kappa shape index (κ1) is 24.9. The Morgan fingerprint density at radius 2 is 1.77 bits per heavy atom. The first-order valence-electron chi connectivity index (χ1n) is 12.2.